The fraction of sp³-hybridized carbons (Fsp3) is 0.0714. The monoisotopic (exact) mass is 307 g/mol. The summed E-state index contributed by atoms with van der Waals surface area (Å²) in [5.41, 5.74) is 3.99. The average Bonchev–Trinajstić information content (AvgIpc) is 2.48. The van der Waals surface area contributed by atoms with E-state index >= 15 is 0 Å². The zero-order valence-electron chi connectivity index (χ0n) is 10.6. The number of carbonyl (C=O) groups is 1. The van der Waals surface area contributed by atoms with Crippen LogP contribution in [0.4, 0.5) is 0 Å². The average molecular weight is 308 g/mol. The Hall–Kier alpha value is -1.91. The van der Waals surface area contributed by atoms with Gasteiger partial charge in [0.1, 0.15) is 0 Å². The van der Waals surface area contributed by atoms with Crippen LogP contribution in [0.1, 0.15) is 23.0 Å². The van der Waals surface area contributed by atoms with Crippen LogP contribution in [0.3, 0.4) is 0 Å². The van der Waals surface area contributed by atoms with E-state index in [1.165, 1.54) is 0 Å². The molecule has 0 aliphatic heterocycles. The number of carbonyl (C=O) groups excluding carboxylic acids is 1. The highest BCUT2D eigenvalue weighted by atomic mass is 35.5. The van der Waals surface area contributed by atoms with E-state index in [0.717, 1.165) is 0 Å². The Bertz CT molecular complexity index is 657. The fourth-order valence-electron chi connectivity index (χ4n) is 1.51. The van der Waals surface area contributed by atoms with E-state index in [4.69, 9.17) is 23.2 Å². The second kappa shape index (κ2) is 6.50. The van der Waals surface area contributed by atoms with Crippen molar-refractivity contribution < 1.29 is 4.79 Å². The van der Waals surface area contributed by atoms with E-state index in [0.29, 0.717) is 16.4 Å². The number of halogens is 2. The summed E-state index contributed by atoms with van der Waals surface area (Å²) >= 11 is 11.8. The molecule has 0 aliphatic rings. The summed E-state index contributed by atoms with van der Waals surface area (Å²) in [6, 6.07) is 10.3. The molecular formula is C14H11Cl2N3O. The molecule has 20 heavy (non-hydrogen) atoms. The van der Waals surface area contributed by atoms with Gasteiger partial charge in [-0.05, 0) is 31.2 Å². The lowest BCUT2D eigenvalue weighted by Gasteiger charge is -2.05. The largest absolute Gasteiger partial charge is 0.272 e. The molecule has 0 atom stereocenters. The van der Waals surface area contributed by atoms with Gasteiger partial charge in [-0.3, -0.25) is 9.78 Å². The van der Waals surface area contributed by atoms with E-state index in [1.807, 2.05) is 6.07 Å². The van der Waals surface area contributed by atoms with Crippen molar-refractivity contribution in [3.63, 3.8) is 0 Å². The molecule has 0 bridgehead atoms. The van der Waals surface area contributed by atoms with Gasteiger partial charge in [0.25, 0.3) is 5.91 Å². The number of aromatic nitrogens is 1. The Morgan fingerprint density at radius 2 is 2.00 bits per heavy atom. The summed E-state index contributed by atoms with van der Waals surface area (Å²) < 4.78 is 0. The SMILES string of the molecule is C/C(=N/NC(=O)c1cccc(Cl)c1Cl)c1ccccn1. The van der Waals surface area contributed by atoms with Crippen molar-refractivity contribution in [2.24, 2.45) is 5.10 Å². The van der Waals surface area contributed by atoms with E-state index in [9.17, 15) is 4.79 Å². The topological polar surface area (TPSA) is 54.4 Å². The standard InChI is InChI=1S/C14H11Cl2N3O/c1-9(12-7-2-3-8-17-12)18-19-14(20)10-5-4-6-11(15)13(10)16/h2-8H,1H3,(H,19,20)/b18-9-. The van der Waals surface area contributed by atoms with Gasteiger partial charge < -0.3 is 0 Å². The van der Waals surface area contributed by atoms with Gasteiger partial charge in [-0.25, -0.2) is 5.43 Å². The maximum absolute atomic E-state index is 12.0. The van der Waals surface area contributed by atoms with Crippen LogP contribution in [0, 0.1) is 0 Å². The highest BCUT2D eigenvalue weighted by Crippen LogP contribution is 2.25. The molecule has 1 aromatic carbocycles. The lowest BCUT2D eigenvalue weighted by molar-refractivity contribution is 0.0955. The van der Waals surface area contributed by atoms with E-state index < -0.39 is 5.91 Å². The van der Waals surface area contributed by atoms with Crippen molar-refractivity contribution in [1.29, 1.82) is 0 Å². The zero-order chi connectivity index (χ0) is 14.5. The summed E-state index contributed by atoms with van der Waals surface area (Å²) in [6.07, 6.45) is 1.66. The summed E-state index contributed by atoms with van der Waals surface area (Å²) in [6.45, 7) is 1.75. The zero-order valence-corrected chi connectivity index (χ0v) is 12.1. The molecule has 0 saturated carbocycles. The lowest BCUT2D eigenvalue weighted by Crippen LogP contribution is -2.20. The fourth-order valence-corrected chi connectivity index (χ4v) is 1.89. The van der Waals surface area contributed by atoms with Gasteiger partial charge in [-0.2, -0.15) is 5.10 Å². The van der Waals surface area contributed by atoms with Gasteiger partial charge >= 0.3 is 0 Å². The van der Waals surface area contributed by atoms with Gasteiger partial charge in [-0.1, -0.05) is 35.3 Å². The molecule has 0 aliphatic carbocycles. The predicted molar refractivity (Wildman–Crippen MR) is 80.4 cm³/mol. The van der Waals surface area contributed by atoms with Crippen LogP contribution in [0.15, 0.2) is 47.7 Å². The molecule has 1 heterocycles. The van der Waals surface area contributed by atoms with Gasteiger partial charge in [0.15, 0.2) is 0 Å². The highest BCUT2D eigenvalue weighted by molar-refractivity contribution is 6.43. The summed E-state index contributed by atoms with van der Waals surface area (Å²) in [7, 11) is 0. The Morgan fingerprint density at radius 3 is 2.70 bits per heavy atom. The van der Waals surface area contributed by atoms with Crippen molar-refractivity contribution in [3.05, 3.63) is 63.9 Å². The minimum Gasteiger partial charge on any atom is -0.267 e. The van der Waals surface area contributed by atoms with Gasteiger partial charge in [0.05, 0.1) is 27.0 Å². The van der Waals surface area contributed by atoms with E-state index in [-0.39, 0.29) is 10.6 Å². The van der Waals surface area contributed by atoms with Crippen LogP contribution < -0.4 is 5.43 Å². The van der Waals surface area contributed by atoms with Gasteiger partial charge in [0, 0.05) is 6.20 Å². The number of amides is 1. The molecule has 2 aromatic rings. The second-order valence-corrected chi connectivity index (χ2v) is 4.74. The van der Waals surface area contributed by atoms with Crippen LogP contribution in [0.25, 0.3) is 0 Å². The Morgan fingerprint density at radius 1 is 1.20 bits per heavy atom. The van der Waals surface area contributed by atoms with Crippen molar-refractivity contribution in [3.8, 4) is 0 Å². The minimum absolute atomic E-state index is 0.206. The number of hydrogen-bond acceptors (Lipinski definition) is 3. The van der Waals surface area contributed by atoms with Crippen molar-refractivity contribution in [1.82, 2.24) is 10.4 Å². The lowest BCUT2D eigenvalue weighted by atomic mass is 10.2. The van der Waals surface area contributed by atoms with Crippen molar-refractivity contribution >= 4 is 34.8 Å². The summed E-state index contributed by atoms with van der Waals surface area (Å²) in [4.78, 5) is 16.1. The molecule has 1 amide bonds. The third kappa shape index (κ3) is 3.35. The number of rotatable bonds is 3. The molecule has 0 saturated heterocycles. The summed E-state index contributed by atoms with van der Waals surface area (Å²) in [5, 5.41) is 4.52. The molecule has 0 fully saturated rings. The number of hydrazone groups is 1. The third-order valence-corrected chi connectivity index (χ3v) is 3.38. The maximum atomic E-state index is 12.0. The molecule has 2 rings (SSSR count). The quantitative estimate of drug-likeness (QED) is 0.696. The number of nitrogens with zero attached hydrogens (tertiary/aromatic N) is 2. The Balaban J connectivity index is 2.15. The van der Waals surface area contributed by atoms with Crippen LogP contribution in [-0.4, -0.2) is 16.6 Å². The smallest absolute Gasteiger partial charge is 0.267 e. The highest BCUT2D eigenvalue weighted by Gasteiger charge is 2.12. The van der Waals surface area contributed by atoms with Crippen LogP contribution >= 0.6 is 23.2 Å². The first-order chi connectivity index (χ1) is 9.59. The summed E-state index contributed by atoms with van der Waals surface area (Å²) in [5.74, 6) is -0.423. The molecular weight excluding hydrogens is 297 g/mol. The Labute approximate surface area is 126 Å². The van der Waals surface area contributed by atoms with Crippen LogP contribution in [-0.2, 0) is 0 Å². The molecule has 0 spiro atoms. The maximum Gasteiger partial charge on any atom is 0.272 e. The van der Waals surface area contributed by atoms with Crippen molar-refractivity contribution in [2.45, 2.75) is 6.92 Å². The predicted octanol–water partition coefficient (Wildman–Crippen LogP) is 3.54. The number of hydrogen-bond donors (Lipinski definition) is 1. The molecule has 0 unspecified atom stereocenters. The van der Waals surface area contributed by atoms with Crippen LogP contribution in [0.2, 0.25) is 10.0 Å². The Kier molecular flexibility index (Phi) is 4.71. The van der Waals surface area contributed by atoms with Crippen LogP contribution in [0.5, 0.6) is 0 Å². The minimum atomic E-state index is -0.423. The molecule has 0 radical (unpaired) electrons. The number of nitrogens with one attached hydrogen (secondary N) is 1. The number of benzene rings is 1. The van der Waals surface area contributed by atoms with Gasteiger partial charge in [0.2, 0.25) is 0 Å². The van der Waals surface area contributed by atoms with E-state index in [1.54, 1.807) is 43.5 Å². The second-order valence-electron chi connectivity index (χ2n) is 3.95. The first-order valence-electron chi connectivity index (χ1n) is 5.79. The molecule has 1 aromatic heterocycles. The normalized spacial score (nSPS) is 11.2. The molecule has 1 N–H and O–H groups in total. The first kappa shape index (κ1) is 14.5. The first-order valence-corrected chi connectivity index (χ1v) is 6.55. The van der Waals surface area contributed by atoms with Crippen molar-refractivity contribution in [2.75, 3.05) is 0 Å². The molecule has 6 heteroatoms. The molecule has 4 nitrogen and oxygen atoms in total. The molecule has 102 valence electrons. The van der Waals surface area contributed by atoms with Gasteiger partial charge in [-0.15, -0.1) is 0 Å². The number of pyridine rings is 1. The van der Waals surface area contributed by atoms with E-state index in [2.05, 4.69) is 15.5 Å². The third-order valence-electron chi connectivity index (χ3n) is 2.56.